The van der Waals surface area contributed by atoms with Crippen molar-refractivity contribution < 1.29 is 12.9 Å². The van der Waals surface area contributed by atoms with E-state index in [0.29, 0.717) is 15.8 Å². The third-order valence-corrected chi connectivity index (χ3v) is 10.0. The summed E-state index contributed by atoms with van der Waals surface area (Å²) in [6, 6.07) is 25.0. The Morgan fingerprint density at radius 2 is 1.29 bits per heavy atom. The van der Waals surface area contributed by atoms with E-state index in [4.69, 9.17) is 0 Å². The van der Waals surface area contributed by atoms with Crippen LogP contribution in [0.3, 0.4) is 0 Å². The molecule has 4 rings (SSSR count). The van der Waals surface area contributed by atoms with Crippen LogP contribution in [0.4, 0.5) is 0 Å². The van der Waals surface area contributed by atoms with Gasteiger partial charge in [-0.25, -0.2) is 8.42 Å². The maximum absolute atomic E-state index is 14.4. The van der Waals surface area contributed by atoms with E-state index in [1.807, 2.05) is 30.3 Å². The maximum atomic E-state index is 14.4. The molecule has 0 aliphatic carbocycles. The van der Waals surface area contributed by atoms with Crippen LogP contribution in [0.1, 0.15) is 72.6 Å². The average Bonchev–Trinajstić information content (AvgIpc) is 2.90. The predicted octanol–water partition coefficient (Wildman–Crippen LogP) is 8.13. The monoisotopic (exact) mass is 571 g/mol. The lowest BCUT2D eigenvalue weighted by atomic mass is 9.96. The fourth-order valence-electron chi connectivity index (χ4n) is 6.61. The Labute approximate surface area is 248 Å². The summed E-state index contributed by atoms with van der Waals surface area (Å²) in [4.78, 5) is 0.383. The van der Waals surface area contributed by atoms with E-state index in [2.05, 4.69) is 95.7 Å². The van der Waals surface area contributed by atoms with Crippen LogP contribution in [-0.2, 0) is 23.0 Å². The molecule has 0 saturated carbocycles. The number of nitrogens with one attached hydrogen (secondary N) is 1. The lowest BCUT2D eigenvalue weighted by Crippen LogP contribution is -2.61. The van der Waals surface area contributed by atoms with E-state index in [-0.39, 0.29) is 6.17 Å². The normalized spacial score (nSPS) is 13.0. The lowest BCUT2D eigenvalue weighted by Gasteiger charge is -2.44. The van der Waals surface area contributed by atoms with Crippen LogP contribution >= 0.6 is 0 Å². The summed E-state index contributed by atoms with van der Waals surface area (Å²) >= 11 is 0. The van der Waals surface area contributed by atoms with Crippen LogP contribution in [0.5, 0.6) is 0 Å². The Morgan fingerprint density at radius 3 is 1.85 bits per heavy atom. The van der Waals surface area contributed by atoms with Crippen LogP contribution in [0, 0.1) is 27.7 Å². The highest BCUT2D eigenvalue weighted by Gasteiger charge is 2.37. The van der Waals surface area contributed by atoms with E-state index >= 15 is 0 Å². The van der Waals surface area contributed by atoms with Crippen LogP contribution in [0.15, 0.2) is 77.7 Å². The fourth-order valence-corrected chi connectivity index (χ4v) is 8.19. The highest BCUT2D eigenvalue weighted by Crippen LogP contribution is 2.31. The highest BCUT2D eigenvalue weighted by atomic mass is 32.2. The number of aryl methyl sites for hydroxylation is 4. The Morgan fingerprint density at radius 1 is 0.732 bits per heavy atom. The topological polar surface area (TPSA) is 46.2 Å². The molecular formula is C36H47N2O2S+. The minimum absolute atomic E-state index is 0.235. The molecule has 1 unspecified atom stereocenters. The smallest absolute Gasteiger partial charge is 0.245 e. The molecule has 0 aromatic heterocycles. The van der Waals surface area contributed by atoms with E-state index in [1.165, 1.54) is 27.8 Å². The van der Waals surface area contributed by atoms with Crippen molar-refractivity contribution in [3.05, 3.63) is 112 Å². The summed E-state index contributed by atoms with van der Waals surface area (Å²) in [7, 11) is -3.82. The van der Waals surface area contributed by atoms with Gasteiger partial charge in [0.25, 0.3) is 0 Å². The maximum Gasteiger partial charge on any atom is 0.245 e. The van der Waals surface area contributed by atoms with Crippen molar-refractivity contribution in [3.8, 4) is 0 Å². The number of hydrogen-bond donors (Lipinski definition) is 1. The molecule has 0 aliphatic rings. The Kier molecular flexibility index (Phi) is 9.73. The van der Waals surface area contributed by atoms with Crippen molar-refractivity contribution in [2.24, 2.45) is 0 Å². The van der Waals surface area contributed by atoms with Gasteiger partial charge in [0.05, 0.1) is 18.0 Å². The predicted molar refractivity (Wildman–Crippen MR) is 173 cm³/mol. The summed E-state index contributed by atoms with van der Waals surface area (Å²) in [6.07, 6.45) is 1.99. The molecule has 0 spiro atoms. The molecule has 1 N–H and O–H groups in total. The van der Waals surface area contributed by atoms with Gasteiger partial charge in [0, 0.05) is 12.0 Å². The standard InChI is InChI=1S/C36H47N2O2S/c1-8-13-36(38(9-2,10-3)25-31-22-28(6)19-29(7)23-31)37-41(39,40)35-17-16-32-14-11-12-15-33(32)34(35)24-30-20-26(4)18-27(5)21-30/h11-12,14-23,36-37H,8-10,13,24-25H2,1-7H3/q+1. The average molecular weight is 572 g/mol. The van der Waals surface area contributed by atoms with Gasteiger partial charge in [-0.15, -0.1) is 0 Å². The first kappa shape index (κ1) is 31.0. The second kappa shape index (κ2) is 12.9. The molecule has 0 bridgehead atoms. The molecule has 218 valence electrons. The van der Waals surface area contributed by atoms with Gasteiger partial charge >= 0.3 is 0 Å². The van der Waals surface area contributed by atoms with Gasteiger partial charge in [-0.05, 0) is 82.3 Å². The number of benzene rings is 4. The zero-order chi connectivity index (χ0) is 29.8. The molecule has 5 heteroatoms. The summed E-state index contributed by atoms with van der Waals surface area (Å²) in [5, 5.41) is 2.04. The van der Waals surface area contributed by atoms with Crippen molar-refractivity contribution in [1.82, 2.24) is 4.72 Å². The van der Waals surface area contributed by atoms with Gasteiger partial charge in [0.1, 0.15) is 6.54 Å². The quantitative estimate of drug-likeness (QED) is 0.138. The van der Waals surface area contributed by atoms with Gasteiger partial charge in [-0.1, -0.05) is 95.9 Å². The van der Waals surface area contributed by atoms with Crippen molar-refractivity contribution in [3.63, 3.8) is 0 Å². The largest absolute Gasteiger partial charge is 0.305 e. The molecule has 0 aliphatic heterocycles. The van der Waals surface area contributed by atoms with Gasteiger partial charge in [0.15, 0.2) is 6.17 Å². The van der Waals surface area contributed by atoms with Crippen LogP contribution < -0.4 is 4.72 Å². The summed E-state index contributed by atoms with van der Waals surface area (Å²) in [5.41, 5.74) is 8.09. The number of fused-ring (bicyclic) bond motifs is 1. The molecule has 0 radical (unpaired) electrons. The van der Waals surface area contributed by atoms with Gasteiger partial charge in [-0.3, -0.25) is 0 Å². The molecule has 0 amide bonds. The summed E-state index contributed by atoms with van der Waals surface area (Å²) in [5.74, 6) is 0. The second-order valence-corrected chi connectivity index (χ2v) is 13.5. The number of sulfonamides is 1. The van der Waals surface area contributed by atoms with Crippen LogP contribution in [0.25, 0.3) is 10.8 Å². The first-order chi connectivity index (χ1) is 19.5. The molecule has 0 saturated heterocycles. The van der Waals surface area contributed by atoms with E-state index < -0.39 is 10.0 Å². The Bertz CT molecular complexity index is 1580. The van der Waals surface area contributed by atoms with Crippen molar-refractivity contribution >= 4 is 20.8 Å². The van der Waals surface area contributed by atoms with Crippen molar-refractivity contribution in [2.45, 2.75) is 85.3 Å². The third-order valence-electron chi connectivity index (χ3n) is 8.50. The molecule has 0 fully saturated rings. The number of rotatable bonds is 12. The molecule has 41 heavy (non-hydrogen) atoms. The number of quaternary nitrogens is 1. The fraction of sp³-hybridized carbons (Fsp3) is 0.389. The number of hydrogen-bond acceptors (Lipinski definition) is 2. The van der Waals surface area contributed by atoms with Gasteiger partial charge < -0.3 is 4.48 Å². The first-order valence-electron chi connectivity index (χ1n) is 15.0. The van der Waals surface area contributed by atoms with Crippen LogP contribution in [-0.4, -0.2) is 32.2 Å². The van der Waals surface area contributed by atoms with E-state index in [1.54, 1.807) is 0 Å². The Hall–Kier alpha value is -2.99. The summed E-state index contributed by atoms with van der Waals surface area (Å²) in [6.45, 7) is 17.4. The minimum atomic E-state index is -3.82. The van der Waals surface area contributed by atoms with Crippen LogP contribution in [0.2, 0.25) is 0 Å². The molecule has 4 aromatic rings. The second-order valence-electron chi connectivity index (χ2n) is 11.9. The first-order valence-corrected chi connectivity index (χ1v) is 16.5. The van der Waals surface area contributed by atoms with Crippen molar-refractivity contribution in [2.75, 3.05) is 13.1 Å². The third kappa shape index (κ3) is 7.09. The molecule has 0 heterocycles. The summed E-state index contributed by atoms with van der Waals surface area (Å²) < 4.78 is 32.8. The molecule has 4 aromatic carbocycles. The minimum Gasteiger partial charge on any atom is -0.305 e. The van der Waals surface area contributed by atoms with E-state index in [9.17, 15) is 8.42 Å². The SMILES string of the molecule is CCCC(NS(=O)(=O)c1ccc2ccccc2c1Cc1cc(C)cc(C)c1)[N+](CC)(CC)Cc1cc(C)cc(C)c1. The molecule has 1 atom stereocenters. The van der Waals surface area contributed by atoms with Crippen molar-refractivity contribution in [1.29, 1.82) is 0 Å². The Balaban J connectivity index is 1.79. The molecular weight excluding hydrogens is 524 g/mol. The zero-order valence-corrected chi connectivity index (χ0v) is 26.7. The highest BCUT2D eigenvalue weighted by molar-refractivity contribution is 7.89. The lowest BCUT2D eigenvalue weighted by molar-refractivity contribution is -0.962. The molecule has 4 nitrogen and oxygen atoms in total. The zero-order valence-electron chi connectivity index (χ0n) is 25.9. The number of nitrogens with zero attached hydrogens (tertiary/aromatic N) is 1. The van der Waals surface area contributed by atoms with Gasteiger partial charge in [0.2, 0.25) is 10.0 Å². The van der Waals surface area contributed by atoms with Gasteiger partial charge in [-0.2, -0.15) is 4.72 Å². The van der Waals surface area contributed by atoms with E-state index in [0.717, 1.165) is 54.4 Å².